The largest absolute Gasteiger partial charge is 0.335 e. The Morgan fingerprint density at radius 3 is 2.56 bits per heavy atom. The first kappa shape index (κ1) is 14.1. The summed E-state index contributed by atoms with van der Waals surface area (Å²) in [6.07, 6.45) is 0. The normalized spacial score (nSPS) is 9.44. The Kier molecular flexibility index (Phi) is 4.74. The van der Waals surface area contributed by atoms with Gasteiger partial charge in [-0.1, -0.05) is 0 Å². The summed E-state index contributed by atoms with van der Waals surface area (Å²) in [5, 5.41) is 12.1. The van der Waals surface area contributed by atoms with Gasteiger partial charge < -0.3 is 10.6 Å². The maximum absolute atomic E-state index is 13.2. The van der Waals surface area contributed by atoms with Crippen molar-refractivity contribution in [3.05, 3.63) is 28.2 Å². The maximum atomic E-state index is 13.2. The van der Waals surface area contributed by atoms with Gasteiger partial charge in [-0.25, -0.2) is 8.78 Å². The van der Waals surface area contributed by atoms with Gasteiger partial charge >= 0.3 is 11.8 Å². The van der Waals surface area contributed by atoms with Crippen LogP contribution in [-0.2, 0) is 9.59 Å². The number of anilines is 1. The molecule has 0 heterocycles. The number of hydrogen-bond donors (Lipinski definition) is 2. The van der Waals surface area contributed by atoms with Crippen LogP contribution in [0.2, 0.25) is 0 Å². The minimum absolute atomic E-state index is 0.0587. The molecule has 0 unspecified atom stereocenters. The fraction of sp³-hybridized carbons (Fsp3) is 0.100. The van der Waals surface area contributed by atoms with Crippen LogP contribution < -0.4 is 10.6 Å². The predicted molar refractivity (Wildman–Crippen MR) is 61.3 cm³/mol. The summed E-state index contributed by atoms with van der Waals surface area (Å²) in [6.45, 7) is -0.345. The number of nitrogens with one attached hydrogen (secondary N) is 2. The van der Waals surface area contributed by atoms with Crippen molar-refractivity contribution in [1.29, 1.82) is 5.26 Å². The zero-order valence-corrected chi connectivity index (χ0v) is 10.3. The van der Waals surface area contributed by atoms with Crippen molar-refractivity contribution in [3.63, 3.8) is 0 Å². The van der Waals surface area contributed by atoms with Gasteiger partial charge in [0.1, 0.15) is 18.2 Å². The van der Waals surface area contributed by atoms with Gasteiger partial charge in [-0.15, -0.1) is 0 Å². The standard InChI is InChI=1S/C10H6BrF2N3O2/c11-5-3-8(7(13)4-6(5)12)16-10(18)9(17)15-2-1-14/h3-4H,2H2,(H,15,17)(H,16,18). The molecule has 0 saturated heterocycles. The van der Waals surface area contributed by atoms with E-state index in [2.05, 4.69) is 15.9 Å². The summed E-state index contributed by atoms with van der Waals surface area (Å²) in [4.78, 5) is 22.3. The molecule has 1 rings (SSSR count). The first-order chi connectivity index (χ1) is 8.45. The van der Waals surface area contributed by atoms with Gasteiger partial charge in [0.15, 0.2) is 0 Å². The molecule has 0 aliphatic heterocycles. The second-order valence-corrected chi connectivity index (χ2v) is 3.90. The number of nitriles is 1. The number of carbonyl (C=O) groups excluding carboxylic acids is 2. The van der Waals surface area contributed by atoms with Crippen LogP contribution >= 0.6 is 15.9 Å². The van der Waals surface area contributed by atoms with E-state index in [1.807, 2.05) is 10.6 Å². The number of halogens is 3. The third-order valence-corrected chi connectivity index (χ3v) is 2.40. The first-order valence-corrected chi connectivity index (χ1v) is 5.35. The van der Waals surface area contributed by atoms with E-state index in [0.29, 0.717) is 6.07 Å². The molecule has 1 aromatic carbocycles. The van der Waals surface area contributed by atoms with Crippen molar-refractivity contribution in [2.75, 3.05) is 11.9 Å². The van der Waals surface area contributed by atoms with Crippen LogP contribution in [0, 0.1) is 23.0 Å². The Hall–Kier alpha value is -2.01. The number of rotatable bonds is 2. The monoisotopic (exact) mass is 317 g/mol. The van der Waals surface area contributed by atoms with E-state index < -0.39 is 23.4 Å². The zero-order chi connectivity index (χ0) is 13.7. The van der Waals surface area contributed by atoms with E-state index >= 15 is 0 Å². The Labute approximate surface area is 109 Å². The Morgan fingerprint density at radius 1 is 1.28 bits per heavy atom. The van der Waals surface area contributed by atoms with Crippen LogP contribution in [0.5, 0.6) is 0 Å². The van der Waals surface area contributed by atoms with Crippen LogP contribution in [-0.4, -0.2) is 18.4 Å². The number of benzene rings is 1. The second-order valence-electron chi connectivity index (χ2n) is 3.04. The molecule has 18 heavy (non-hydrogen) atoms. The summed E-state index contributed by atoms with van der Waals surface area (Å²) in [7, 11) is 0. The highest BCUT2D eigenvalue weighted by Crippen LogP contribution is 2.23. The smallest absolute Gasteiger partial charge is 0.313 e. The molecule has 0 aliphatic rings. The van der Waals surface area contributed by atoms with Crippen molar-refractivity contribution in [3.8, 4) is 6.07 Å². The summed E-state index contributed by atoms with van der Waals surface area (Å²) in [5.41, 5.74) is -0.347. The van der Waals surface area contributed by atoms with E-state index in [9.17, 15) is 18.4 Å². The lowest BCUT2D eigenvalue weighted by atomic mass is 10.3. The molecule has 0 saturated carbocycles. The molecule has 5 nitrogen and oxygen atoms in total. The molecule has 0 spiro atoms. The lowest BCUT2D eigenvalue weighted by Gasteiger charge is -2.06. The summed E-state index contributed by atoms with van der Waals surface area (Å²) < 4.78 is 26.1. The van der Waals surface area contributed by atoms with Crippen molar-refractivity contribution in [1.82, 2.24) is 5.32 Å². The fourth-order valence-corrected chi connectivity index (χ4v) is 1.34. The van der Waals surface area contributed by atoms with E-state index in [-0.39, 0.29) is 16.7 Å². The SMILES string of the molecule is N#CCNC(=O)C(=O)Nc1cc(Br)c(F)cc1F. The number of nitrogens with zero attached hydrogens (tertiary/aromatic N) is 1. The minimum atomic E-state index is -1.15. The molecule has 0 fully saturated rings. The van der Waals surface area contributed by atoms with Crippen LogP contribution in [0.4, 0.5) is 14.5 Å². The molecule has 94 valence electrons. The van der Waals surface area contributed by atoms with Gasteiger partial charge in [-0.05, 0) is 22.0 Å². The van der Waals surface area contributed by atoms with Gasteiger partial charge in [0.05, 0.1) is 16.2 Å². The topological polar surface area (TPSA) is 82.0 Å². The second kappa shape index (κ2) is 6.07. The highest BCUT2D eigenvalue weighted by molar-refractivity contribution is 9.10. The highest BCUT2D eigenvalue weighted by atomic mass is 79.9. The Morgan fingerprint density at radius 2 is 1.94 bits per heavy atom. The number of carbonyl (C=O) groups is 2. The first-order valence-electron chi connectivity index (χ1n) is 4.56. The molecular weight excluding hydrogens is 312 g/mol. The van der Waals surface area contributed by atoms with Crippen molar-refractivity contribution in [2.24, 2.45) is 0 Å². The zero-order valence-electron chi connectivity index (χ0n) is 8.76. The number of hydrogen-bond acceptors (Lipinski definition) is 3. The van der Waals surface area contributed by atoms with Gasteiger partial charge in [0, 0.05) is 6.07 Å². The van der Waals surface area contributed by atoms with Crippen LogP contribution in [0.1, 0.15) is 0 Å². The Balaban J connectivity index is 2.80. The molecule has 2 amide bonds. The van der Waals surface area contributed by atoms with Crippen LogP contribution in [0.15, 0.2) is 16.6 Å². The van der Waals surface area contributed by atoms with Gasteiger partial charge in [-0.2, -0.15) is 5.26 Å². The quantitative estimate of drug-likeness (QED) is 0.490. The van der Waals surface area contributed by atoms with E-state index in [1.165, 1.54) is 0 Å². The summed E-state index contributed by atoms with van der Waals surface area (Å²) in [6, 6.07) is 3.15. The molecule has 8 heteroatoms. The molecular formula is C10H6BrF2N3O2. The van der Waals surface area contributed by atoms with Crippen LogP contribution in [0.3, 0.4) is 0 Å². The van der Waals surface area contributed by atoms with Crippen molar-refractivity contribution < 1.29 is 18.4 Å². The van der Waals surface area contributed by atoms with E-state index in [1.54, 1.807) is 6.07 Å². The van der Waals surface area contributed by atoms with E-state index in [4.69, 9.17) is 5.26 Å². The predicted octanol–water partition coefficient (Wildman–Crippen LogP) is 1.31. The highest BCUT2D eigenvalue weighted by Gasteiger charge is 2.16. The average molecular weight is 318 g/mol. The lowest BCUT2D eigenvalue weighted by Crippen LogP contribution is -2.35. The average Bonchev–Trinajstić information content (AvgIpc) is 2.32. The van der Waals surface area contributed by atoms with Crippen LogP contribution in [0.25, 0.3) is 0 Å². The molecule has 0 radical (unpaired) electrons. The van der Waals surface area contributed by atoms with E-state index in [0.717, 1.165) is 6.07 Å². The maximum Gasteiger partial charge on any atom is 0.313 e. The summed E-state index contributed by atoms with van der Waals surface area (Å²) >= 11 is 2.81. The van der Waals surface area contributed by atoms with Crippen molar-refractivity contribution >= 4 is 33.4 Å². The minimum Gasteiger partial charge on any atom is -0.335 e. The Bertz CT molecular complexity index is 543. The molecule has 0 bridgehead atoms. The molecule has 0 aliphatic carbocycles. The molecule has 0 atom stereocenters. The van der Waals surface area contributed by atoms with Gasteiger partial charge in [-0.3, -0.25) is 9.59 Å². The molecule has 1 aromatic rings. The summed E-state index contributed by atoms with van der Waals surface area (Å²) in [5.74, 6) is -4.09. The number of amides is 2. The third-order valence-electron chi connectivity index (χ3n) is 1.79. The van der Waals surface area contributed by atoms with Crippen molar-refractivity contribution in [2.45, 2.75) is 0 Å². The third kappa shape index (κ3) is 3.49. The fourth-order valence-electron chi connectivity index (χ4n) is 0.998. The molecule has 2 N–H and O–H groups in total. The van der Waals surface area contributed by atoms with Gasteiger partial charge in [0.2, 0.25) is 0 Å². The lowest BCUT2D eigenvalue weighted by molar-refractivity contribution is -0.136. The van der Waals surface area contributed by atoms with Gasteiger partial charge in [0.25, 0.3) is 0 Å². The molecule has 0 aromatic heterocycles.